The summed E-state index contributed by atoms with van der Waals surface area (Å²) in [5, 5.41) is 47.4. The van der Waals surface area contributed by atoms with E-state index in [0.717, 1.165) is 164 Å². The molecular weight excluding hydrogens is 1790 g/mol. The molecule has 4 N–H and O–H groups in total. The van der Waals surface area contributed by atoms with E-state index < -0.39 is 0 Å². The van der Waals surface area contributed by atoms with Crippen LogP contribution < -0.4 is 0 Å². The lowest BCUT2D eigenvalue weighted by Gasteiger charge is -2.48. The standard InChI is InChI=1S/2C19H26Cl2O.4C17H22Cl2O/c2*1-18(22-2)9-11-19(12-10-18,14-5-3-4-6-14)15-7-8-16(20)17(21)13-15;4*18-15-6-5-13(11-16(15)19)17(12-3-1-2-4-12)9-7-14(20)8-10-17/h2*7-8,13-14H,3-6,9-12H2,1-2H3;4*5-6,11-12,14,20H,1-4,7-10H2. The highest BCUT2D eigenvalue weighted by molar-refractivity contribution is 6.44. The van der Waals surface area contributed by atoms with Crippen molar-refractivity contribution in [3.63, 3.8) is 0 Å². The third kappa shape index (κ3) is 23.2. The van der Waals surface area contributed by atoms with Gasteiger partial charge in [-0.1, -0.05) is 253 Å². The van der Waals surface area contributed by atoms with Crippen molar-refractivity contribution in [2.45, 2.75) is 390 Å². The summed E-state index contributed by atoms with van der Waals surface area (Å²) in [6, 6.07) is 37.2. The van der Waals surface area contributed by atoms with Crippen molar-refractivity contribution in [2.24, 2.45) is 35.5 Å². The Labute approximate surface area is 804 Å². The lowest BCUT2D eigenvalue weighted by Crippen LogP contribution is -2.44. The van der Waals surface area contributed by atoms with Gasteiger partial charge >= 0.3 is 0 Å². The maximum absolute atomic E-state index is 9.88. The van der Waals surface area contributed by atoms with Gasteiger partial charge in [0.05, 0.1) is 95.9 Å². The molecule has 0 atom stereocenters. The molecule has 0 heterocycles. The Bertz CT molecular complexity index is 3910. The number of aliphatic hydroxyl groups is 4. The largest absolute Gasteiger partial charge is 0.393 e. The van der Waals surface area contributed by atoms with E-state index in [-0.39, 0.29) is 68.1 Å². The van der Waals surface area contributed by atoms with Crippen LogP contribution in [0.1, 0.15) is 355 Å². The van der Waals surface area contributed by atoms with E-state index >= 15 is 0 Å². The normalized spacial score (nSPS) is 32.2. The van der Waals surface area contributed by atoms with Crippen LogP contribution in [0, 0.1) is 35.5 Å². The fourth-order valence-electron chi connectivity index (χ4n) is 26.6. The van der Waals surface area contributed by atoms with Crippen LogP contribution in [-0.2, 0) is 42.0 Å². The first kappa shape index (κ1) is 100. The molecule has 6 aromatic rings. The summed E-state index contributed by atoms with van der Waals surface area (Å²) in [6.07, 6.45) is 56.9. The van der Waals surface area contributed by atoms with Crippen molar-refractivity contribution < 1.29 is 29.9 Å². The lowest BCUT2D eigenvalue weighted by atomic mass is 9.59. The van der Waals surface area contributed by atoms with Crippen LogP contribution >= 0.6 is 139 Å². The minimum atomic E-state index is -0.118. The Morgan fingerprint density at radius 2 is 0.339 bits per heavy atom. The summed E-state index contributed by atoms with van der Waals surface area (Å²) in [6.45, 7) is 4.50. The van der Waals surface area contributed by atoms with Crippen LogP contribution in [0.2, 0.25) is 60.3 Å². The average Bonchev–Trinajstić information content (AvgIpc) is 1.54. The van der Waals surface area contributed by atoms with Crippen molar-refractivity contribution >= 4 is 139 Å². The van der Waals surface area contributed by atoms with E-state index in [2.05, 4.69) is 86.6 Å². The zero-order chi connectivity index (χ0) is 88.2. The molecule has 12 aliphatic carbocycles. The van der Waals surface area contributed by atoms with Gasteiger partial charge in [0.15, 0.2) is 0 Å². The number of hydrogen-bond donors (Lipinski definition) is 4. The molecular formula is C106H140Cl12O6. The van der Waals surface area contributed by atoms with E-state index in [1.807, 2.05) is 50.6 Å². The Morgan fingerprint density at radius 1 is 0.202 bits per heavy atom. The van der Waals surface area contributed by atoms with E-state index in [9.17, 15) is 20.4 Å². The van der Waals surface area contributed by atoms with Gasteiger partial charge in [0.2, 0.25) is 0 Å². The van der Waals surface area contributed by atoms with Gasteiger partial charge in [-0.15, -0.1) is 0 Å². The first-order chi connectivity index (χ1) is 59.4. The molecule has 18 heteroatoms. The molecule has 124 heavy (non-hydrogen) atoms. The highest BCUT2D eigenvalue weighted by Crippen LogP contribution is 2.60. The maximum Gasteiger partial charge on any atom is 0.0651 e. The Kier molecular flexibility index (Phi) is 36.1. The Balaban J connectivity index is 0.000000128. The van der Waals surface area contributed by atoms with Crippen molar-refractivity contribution in [1.82, 2.24) is 0 Å². The topological polar surface area (TPSA) is 99.4 Å². The second-order valence-corrected chi connectivity index (χ2v) is 45.7. The fraction of sp³-hybridized carbons (Fsp3) is 0.660. The summed E-state index contributed by atoms with van der Waals surface area (Å²) in [5.74, 6) is 4.54. The number of aliphatic hydroxyl groups excluding tert-OH is 4. The molecule has 0 amide bonds. The second kappa shape index (κ2) is 44.8. The summed E-state index contributed by atoms with van der Waals surface area (Å²) in [7, 11) is 3.70. The zero-order valence-electron chi connectivity index (χ0n) is 74.2. The molecule has 18 rings (SSSR count). The van der Waals surface area contributed by atoms with E-state index in [1.54, 1.807) is 0 Å². The third-order valence-corrected chi connectivity index (χ3v) is 39.0. The van der Waals surface area contributed by atoms with E-state index in [4.69, 9.17) is 149 Å². The van der Waals surface area contributed by atoms with Gasteiger partial charge in [-0.25, -0.2) is 0 Å². The van der Waals surface area contributed by atoms with Gasteiger partial charge in [0, 0.05) is 14.2 Å². The molecule has 0 aliphatic heterocycles. The summed E-state index contributed by atoms with van der Waals surface area (Å²) < 4.78 is 11.5. The second-order valence-electron chi connectivity index (χ2n) is 40.8. The van der Waals surface area contributed by atoms with Gasteiger partial charge in [-0.05, 0) is 419 Å². The zero-order valence-corrected chi connectivity index (χ0v) is 83.3. The average molecular weight is 1940 g/mol. The first-order valence-electron chi connectivity index (χ1n) is 48.0. The predicted molar refractivity (Wildman–Crippen MR) is 526 cm³/mol. The first-order valence-corrected chi connectivity index (χ1v) is 52.5. The van der Waals surface area contributed by atoms with E-state index in [0.29, 0.717) is 60.3 Å². The highest BCUT2D eigenvalue weighted by atomic mass is 35.5. The van der Waals surface area contributed by atoms with Gasteiger partial charge in [-0.2, -0.15) is 0 Å². The number of methoxy groups -OCH3 is 2. The Hall–Kier alpha value is -1.44. The molecule has 6 aromatic carbocycles. The van der Waals surface area contributed by atoms with E-state index in [1.165, 1.54) is 213 Å². The summed E-state index contributed by atoms with van der Waals surface area (Å²) in [5.41, 5.74) is 9.61. The number of hydrogen-bond acceptors (Lipinski definition) is 6. The summed E-state index contributed by atoms with van der Waals surface area (Å²) >= 11 is 74.2. The maximum atomic E-state index is 9.88. The molecule has 6 nitrogen and oxygen atoms in total. The van der Waals surface area contributed by atoms with Crippen LogP contribution in [0.4, 0.5) is 0 Å². The van der Waals surface area contributed by atoms with Crippen molar-refractivity contribution in [1.29, 1.82) is 0 Å². The van der Waals surface area contributed by atoms with Crippen LogP contribution in [0.25, 0.3) is 0 Å². The van der Waals surface area contributed by atoms with Gasteiger partial charge in [-0.3, -0.25) is 0 Å². The minimum absolute atomic E-state index is 0.0400. The minimum Gasteiger partial charge on any atom is -0.393 e. The fourth-order valence-corrected chi connectivity index (χ4v) is 28.4. The van der Waals surface area contributed by atoms with Crippen LogP contribution in [-0.4, -0.2) is 70.3 Å². The molecule has 0 bridgehead atoms. The van der Waals surface area contributed by atoms with Crippen LogP contribution in [0.5, 0.6) is 0 Å². The predicted octanol–water partition coefficient (Wildman–Crippen LogP) is 34.2. The van der Waals surface area contributed by atoms with Crippen LogP contribution in [0.15, 0.2) is 109 Å². The molecule has 12 saturated carbocycles. The Morgan fingerprint density at radius 3 is 0.468 bits per heavy atom. The van der Waals surface area contributed by atoms with Crippen molar-refractivity contribution in [2.75, 3.05) is 14.2 Å². The SMILES string of the molecule is COC1(C)CCC(c2ccc(Cl)c(Cl)c2)(C2CCCC2)CC1.COC1(C)CCC(c2ccc(Cl)c(Cl)c2)(C2CCCC2)CC1.OC1CCC(c2ccc(Cl)c(Cl)c2)(C2CCCC2)CC1.OC1CCC(c2ccc(Cl)c(Cl)c2)(C2CCCC2)CC1.OC1CCC(c2ccc(Cl)c(Cl)c2)(C2CCCC2)CC1.OC1CCC(c2ccc(Cl)c(Cl)c2)(C2CCCC2)CC1. The highest BCUT2D eigenvalue weighted by Gasteiger charge is 2.52. The number of ether oxygens (including phenoxy) is 2. The summed E-state index contributed by atoms with van der Waals surface area (Å²) in [4.78, 5) is 0. The molecule has 684 valence electrons. The molecule has 0 spiro atoms. The van der Waals surface area contributed by atoms with Crippen molar-refractivity contribution in [3.8, 4) is 0 Å². The number of benzene rings is 6. The monoisotopic (exact) mass is 1930 g/mol. The quantitative estimate of drug-likeness (QED) is 0.0867. The molecule has 12 fully saturated rings. The number of halogens is 12. The lowest BCUT2D eigenvalue weighted by molar-refractivity contribution is -0.0476. The molecule has 0 aromatic heterocycles. The van der Waals surface area contributed by atoms with Gasteiger partial charge in [0.1, 0.15) is 0 Å². The molecule has 12 aliphatic rings. The van der Waals surface area contributed by atoms with Gasteiger partial charge < -0.3 is 29.9 Å². The van der Waals surface area contributed by atoms with Gasteiger partial charge in [0.25, 0.3) is 0 Å². The number of rotatable bonds is 14. The smallest absolute Gasteiger partial charge is 0.0651 e. The molecule has 0 saturated heterocycles. The molecule has 0 radical (unpaired) electrons. The molecule has 0 unspecified atom stereocenters. The van der Waals surface area contributed by atoms with Crippen molar-refractivity contribution in [3.05, 3.63) is 203 Å². The van der Waals surface area contributed by atoms with Crippen LogP contribution in [0.3, 0.4) is 0 Å². The third-order valence-electron chi connectivity index (χ3n) is 34.6.